The molecule has 0 spiro atoms. The Balaban J connectivity index is 0.000000119. The molecule has 0 N–H and O–H groups in total. The summed E-state index contributed by atoms with van der Waals surface area (Å²) in [4.78, 5) is 6.95. The second kappa shape index (κ2) is 38.1. The molecule has 0 atom stereocenters. The largest absolute Gasteiger partial charge is 0.311 e. The number of rotatable bonds is 18. The van der Waals surface area contributed by atoms with Crippen LogP contribution in [-0.4, -0.2) is 0 Å². The summed E-state index contributed by atoms with van der Waals surface area (Å²) in [7, 11) is 0. The molecule has 0 aliphatic heterocycles. The molecule has 0 amide bonds. The number of hydrogen-bond acceptors (Lipinski definition) is 3. The zero-order valence-electron chi connectivity index (χ0n) is 74.5. The number of anilines is 9. The minimum Gasteiger partial charge on any atom is -0.311 e. The summed E-state index contributed by atoms with van der Waals surface area (Å²) in [6, 6.07) is 203. The van der Waals surface area contributed by atoms with Crippen molar-refractivity contribution >= 4 is 116 Å². The van der Waals surface area contributed by atoms with Gasteiger partial charge in [0.05, 0.1) is 0 Å². The van der Waals surface area contributed by atoms with E-state index in [0.29, 0.717) is 0 Å². The summed E-state index contributed by atoms with van der Waals surface area (Å²) in [5, 5.41) is 15.2. The molecule has 0 saturated carbocycles. The minimum absolute atomic E-state index is 1.12. The average Bonchev–Trinajstić information content (AvgIpc) is 0.799. The van der Waals surface area contributed by atoms with Gasteiger partial charge in [-0.2, -0.15) is 0 Å². The van der Waals surface area contributed by atoms with Crippen LogP contribution in [0.3, 0.4) is 0 Å². The fourth-order valence-electron chi connectivity index (χ4n) is 19.0. The highest BCUT2D eigenvalue weighted by Crippen LogP contribution is 2.44. The molecule has 0 saturated heterocycles. The molecule has 636 valence electrons. The molecule has 0 aliphatic carbocycles. The Morgan fingerprint density at radius 3 is 0.481 bits per heavy atom. The van der Waals surface area contributed by atoms with Crippen LogP contribution in [0.4, 0.5) is 51.2 Å². The molecule has 3 nitrogen and oxygen atoms in total. The molecule has 0 heterocycles. The maximum Gasteiger partial charge on any atom is 0.0462 e. The summed E-state index contributed by atoms with van der Waals surface area (Å²) in [5.41, 5.74) is 32.1. The first-order valence-corrected chi connectivity index (χ1v) is 46.3. The summed E-state index contributed by atoms with van der Waals surface area (Å²) < 4.78 is 0. The molecule has 24 aromatic rings. The molecular formula is C132H93N3. The van der Waals surface area contributed by atoms with Gasteiger partial charge in [0.15, 0.2) is 0 Å². The minimum atomic E-state index is 1.12. The lowest BCUT2D eigenvalue weighted by atomic mass is 9.96. The van der Waals surface area contributed by atoms with E-state index in [1.807, 2.05) is 0 Å². The zero-order valence-corrected chi connectivity index (χ0v) is 74.5. The number of hydrogen-bond donors (Lipinski definition) is 0. The van der Waals surface area contributed by atoms with Crippen molar-refractivity contribution in [3.63, 3.8) is 0 Å². The molecule has 0 bridgehead atoms. The molecule has 24 aromatic carbocycles. The molecule has 0 aromatic heterocycles. The summed E-state index contributed by atoms with van der Waals surface area (Å²) >= 11 is 0. The molecule has 0 aliphatic rings. The van der Waals surface area contributed by atoms with Gasteiger partial charge in [-0.05, 0) is 292 Å². The lowest BCUT2D eigenvalue weighted by molar-refractivity contribution is 1.28. The summed E-state index contributed by atoms with van der Waals surface area (Å²) in [6.07, 6.45) is 0. The summed E-state index contributed by atoms with van der Waals surface area (Å²) in [6.45, 7) is 0. The SMILES string of the molecule is c1ccc(N(c2ccc(-c3ccc(-c4ccc5ccccc5c4)cc3)cc2)c2ccc(-c3ccc(-c4cccc5ccccc45)cc3)cc2)cc1.c1ccc(N(c2ccc(-c3ccc(-c4cccc5ccccc45)cc3)cc2)c2ccc(-c3ccc4ccccc4c3)cc2)cc1.c1ccc(N(c2ccc(-c3ccc4ccccc4c3)cc2)c2ccc(-c3cccc4ccccc34)cc2)cc1. The van der Waals surface area contributed by atoms with E-state index >= 15 is 0 Å². The van der Waals surface area contributed by atoms with Crippen molar-refractivity contribution in [3.05, 3.63) is 564 Å². The van der Waals surface area contributed by atoms with E-state index in [1.54, 1.807) is 0 Å². The van der Waals surface area contributed by atoms with Crippen LogP contribution >= 0.6 is 0 Å². The van der Waals surface area contributed by atoms with E-state index in [1.165, 1.54) is 165 Å². The average molecular weight is 1720 g/mol. The lowest BCUT2D eigenvalue weighted by Crippen LogP contribution is -2.09. The third-order valence-corrected chi connectivity index (χ3v) is 26.0. The predicted molar refractivity (Wildman–Crippen MR) is 577 cm³/mol. The van der Waals surface area contributed by atoms with Crippen molar-refractivity contribution in [2.45, 2.75) is 0 Å². The Labute approximate surface area is 789 Å². The van der Waals surface area contributed by atoms with Gasteiger partial charge in [-0.1, -0.05) is 437 Å². The van der Waals surface area contributed by atoms with Crippen LogP contribution in [0.1, 0.15) is 0 Å². The number of nitrogens with zero attached hydrogens (tertiary/aromatic N) is 3. The lowest BCUT2D eigenvalue weighted by Gasteiger charge is -2.26. The van der Waals surface area contributed by atoms with Gasteiger partial charge in [0.2, 0.25) is 0 Å². The van der Waals surface area contributed by atoms with Gasteiger partial charge >= 0.3 is 0 Å². The van der Waals surface area contributed by atoms with Crippen LogP contribution < -0.4 is 14.7 Å². The van der Waals surface area contributed by atoms with Crippen LogP contribution in [0.25, 0.3) is 165 Å². The number of para-hydroxylation sites is 3. The quantitative estimate of drug-likeness (QED) is 0.0848. The van der Waals surface area contributed by atoms with Gasteiger partial charge in [0.1, 0.15) is 0 Å². The fraction of sp³-hybridized carbons (Fsp3) is 0. The second-order valence-electron chi connectivity index (χ2n) is 34.3. The first-order valence-electron chi connectivity index (χ1n) is 46.3. The monoisotopic (exact) mass is 1720 g/mol. The first-order chi connectivity index (χ1) is 66.9. The third-order valence-electron chi connectivity index (χ3n) is 26.0. The molecular weight excluding hydrogens is 1630 g/mol. The van der Waals surface area contributed by atoms with Gasteiger partial charge in [-0.3, -0.25) is 0 Å². The van der Waals surface area contributed by atoms with E-state index < -0.39 is 0 Å². The van der Waals surface area contributed by atoms with E-state index in [2.05, 4.69) is 579 Å². The smallest absolute Gasteiger partial charge is 0.0462 e. The van der Waals surface area contributed by atoms with E-state index in [-0.39, 0.29) is 0 Å². The predicted octanol–water partition coefficient (Wildman–Crippen LogP) is 37.4. The maximum atomic E-state index is 2.32. The second-order valence-corrected chi connectivity index (χ2v) is 34.3. The highest BCUT2D eigenvalue weighted by Gasteiger charge is 2.20. The van der Waals surface area contributed by atoms with Crippen molar-refractivity contribution in [1.82, 2.24) is 0 Å². The van der Waals surface area contributed by atoms with Gasteiger partial charge < -0.3 is 14.7 Å². The van der Waals surface area contributed by atoms with Crippen LogP contribution in [-0.2, 0) is 0 Å². The van der Waals surface area contributed by atoms with Crippen LogP contribution in [0.2, 0.25) is 0 Å². The van der Waals surface area contributed by atoms with E-state index in [4.69, 9.17) is 0 Å². The van der Waals surface area contributed by atoms with Gasteiger partial charge in [0, 0.05) is 51.2 Å². The molecule has 24 rings (SSSR count). The number of fused-ring (bicyclic) bond motifs is 6. The van der Waals surface area contributed by atoms with Gasteiger partial charge in [-0.15, -0.1) is 0 Å². The molecule has 135 heavy (non-hydrogen) atoms. The van der Waals surface area contributed by atoms with E-state index in [9.17, 15) is 0 Å². The highest BCUT2D eigenvalue weighted by molar-refractivity contribution is 6.01. The standard InChI is InChI=1S/C50H35N.C44H31N.C38H27N/c1-2-13-46(14-3-1)51(47-31-27-39(28-32-47)37-17-19-41(20-18-37)45-26-23-36-9-4-5-11-44(36)35-45)48-33-29-40(30-34-48)38-21-24-43(25-22-38)50-16-8-12-42-10-6-7-15-49(42)50;1-2-13-40(14-3-1)45(42-29-25-35(26-30-42)39-22-19-32-9-4-5-11-38(32)31-39)41-27-23-34(24-28-41)33-17-20-37(21-18-33)44-16-8-12-36-10-6-7-15-43(36)44;1-2-13-34(14-3-1)39(35-23-19-29(20-24-35)33-18-17-28-9-4-5-11-32(28)27-33)36-25-21-31(22-26-36)38-16-8-12-30-10-6-7-15-37(30)38/h1-35H;1-31H;1-27H. The van der Waals surface area contributed by atoms with Gasteiger partial charge in [-0.25, -0.2) is 0 Å². The van der Waals surface area contributed by atoms with Crippen molar-refractivity contribution in [3.8, 4) is 100 Å². The molecule has 0 fully saturated rings. The Morgan fingerprint density at radius 2 is 0.244 bits per heavy atom. The molecule has 0 unspecified atom stereocenters. The molecule has 3 heteroatoms. The van der Waals surface area contributed by atoms with Crippen molar-refractivity contribution in [2.24, 2.45) is 0 Å². The highest BCUT2D eigenvalue weighted by atomic mass is 15.2. The van der Waals surface area contributed by atoms with Crippen molar-refractivity contribution < 1.29 is 0 Å². The maximum absolute atomic E-state index is 2.32. The first kappa shape index (κ1) is 82.9. The van der Waals surface area contributed by atoms with Gasteiger partial charge in [0.25, 0.3) is 0 Å². The Bertz CT molecular complexity index is 8240. The van der Waals surface area contributed by atoms with E-state index in [0.717, 1.165) is 51.2 Å². The Hall–Kier alpha value is -17.8. The Morgan fingerprint density at radius 1 is 0.0889 bits per heavy atom. The van der Waals surface area contributed by atoms with Crippen molar-refractivity contribution in [2.75, 3.05) is 14.7 Å². The normalized spacial score (nSPS) is 11.1. The third kappa shape index (κ3) is 17.9. The topological polar surface area (TPSA) is 9.72 Å². The van der Waals surface area contributed by atoms with Crippen LogP contribution in [0.15, 0.2) is 564 Å². The van der Waals surface area contributed by atoms with Crippen molar-refractivity contribution in [1.29, 1.82) is 0 Å². The zero-order chi connectivity index (χ0) is 90.0. The summed E-state index contributed by atoms with van der Waals surface area (Å²) in [5.74, 6) is 0. The van der Waals surface area contributed by atoms with Crippen LogP contribution in [0, 0.1) is 0 Å². The fourth-order valence-corrected chi connectivity index (χ4v) is 19.0. The van der Waals surface area contributed by atoms with Crippen LogP contribution in [0.5, 0.6) is 0 Å². The number of benzene rings is 24. The Kier molecular flexibility index (Phi) is 23.4. The molecule has 0 radical (unpaired) electrons.